The molecule has 0 spiro atoms. The van der Waals surface area contributed by atoms with Gasteiger partial charge >= 0.3 is 0 Å². The Balaban J connectivity index is 2.16. The summed E-state index contributed by atoms with van der Waals surface area (Å²) in [6.45, 7) is 4.46. The van der Waals surface area contributed by atoms with Crippen molar-refractivity contribution in [2.24, 2.45) is 0 Å². The molecule has 5 heteroatoms. The second-order valence-electron chi connectivity index (χ2n) is 3.98. The van der Waals surface area contributed by atoms with Crippen LogP contribution in [0.25, 0.3) is 0 Å². The maximum atomic E-state index is 6.06. The van der Waals surface area contributed by atoms with Gasteiger partial charge in [0.15, 0.2) is 11.0 Å². The first-order valence-corrected chi connectivity index (χ1v) is 6.73. The summed E-state index contributed by atoms with van der Waals surface area (Å²) in [5, 5.41) is 3.61. The van der Waals surface area contributed by atoms with Gasteiger partial charge in [-0.3, -0.25) is 0 Å². The molecular weight excluding hydrogens is 314 g/mol. The van der Waals surface area contributed by atoms with Crippen molar-refractivity contribution in [3.63, 3.8) is 0 Å². The maximum absolute atomic E-state index is 6.06. The number of nitrogens with one attached hydrogen (secondary N) is 1. The molecule has 0 amide bonds. The number of aromatic nitrogens is 2. The number of nitrogens with zero attached hydrogens (tertiary/aromatic N) is 2. The Kier molecular flexibility index (Phi) is 4.19. The van der Waals surface area contributed by atoms with Crippen molar-refractivity contribution in [3.8, 4) is 0 Å². The second-order valence-corrected chi connectivity index (χ2v) is 5.19. The van der Waals surface area contributed by atoms with E-state index in [1.165, 1.54) is 0 Å². The van der Waals surface area contributed by atoms with Gasteiger partial charge in [0.1, 0.15) is 0 Å². The lowest BCUT2D eigenvalue weighted by Crippen LogP contribution is -2.05. The fourth-order valence-electron chi connectivity index (χ4n) is 1.51. The highest BCUT2D eigenvalue weighted by Crippen LogP contribution is 2.21. The van der Waals surface area contributed by atoms with Gasteiger partial charge in [-0.25, -0.2) is 9.97 Å². The summed E-state index contributed by atoms with van der Waals surface area (Å²) in [7, 11) is 0. The van der Waals surface area contributed by atoms with Gasteiger partial charge in [-0.1, -0.05) is 45.7 Å². The van der Waals surface area contributed by atoms with E-state index in [4.69, 9.17) is 11.6 Å². The van der Waals surface area contributed by atoms with E-state index in [2.05, 4.69) is 31.2 Å². The van der Waals surface area contributed by atoms with Gasteiger partial charge < -0.3 is 5.32 Å². The molecule has 0 radical (unpaired) electrons. The number of aryl methyl sites for hydroxylation is 2. The summed E-state index contributed by atoms with van der Waals surface area (Å²) in [4.78, 5) is 8.63. The van der Waals surface area contributed by atoms with E-state index in [-0.39, 0.29) is 0 Å². The SMILES string of the molecule is Cc1nc(Cl)c(NCc2ccccc2Br)nc1C. The zero-order chi connectivity index (χ0) is 13.1. The highest BCUT2D eigenvalue weighted by Gasteiger charge is 2.07. The molecule has 94 valence electrons. The summed E-state index contributed by atoms with van der Waals surface area (Å²) in [6.07, 6.45) is 0. The predicted octanol–water partition coefficient (Wildman–Crippen LogP) is 4.12. The number of halogens is 2. The molecule has 18 heavy (non-hydrogen) atoms. The van der Waals surface area contributed by atoms with Crippen LogP contribution in [0.15, 0.2) is 28.7 Å². The molecule has 0 aliphatic rings. The van der Waals surface area contributed by atoms with Crippen LogP contribution in [-0.4, -0.2) is 9.97 Å². The molecule has 1 N–H and O–H groups in total. The van der Waals surface area contributed by atoms with Crippen molar-refractivity contribution in [2.45, 2.75) is 20.4 Å². The minimum Gasteiger partial charge on any atom is -0.363 e. The lowest BCUT2D eigenvalue weighted by Gasteiger charge is -2.10. The third-order valence-corrected chi connectivity index (χ3v) is 3.71. The van der Waals surface area contributed by atoms with Crippen LogP contribution < -0.4 is 5.32 Å². The van der Waals surface area contributed by atoms with Gasteiger partial charge in [0.25, 0.3) is 0 Å². The molecule has 0 saturated heterocycles. The standard InChI is InChI=1S/C13H13BrClN3/c1-8-9(2)18-13(12(15)17-8)16-7-10-5-3-4-6-11(10)14/h3-6H,7H2,1-2H3,(H,16,18). The molecule has 0 bridgehead atoms. The highest BCUT2D eigenvalue weighted by atomic mass is 79.9. The third-order valence-electron chi connectivity index (χ3n) is 2.67. The van der Waals surface area contributed by atoms with Crippen molar-refractivity contribution < 1.29 is 0 Å². The van der Waals surface area contributed by atoms with E-state index >= 15 is 0 Å². The van der Waals surface area contributed by atoms with Crippen molar-refractivity contribution in [2.75, 3.05) is 5.32 Å². The van der Waals surface area contributed by atoms with Crippen molar-refractivity contribution >= 4 is 33.3 Å². The second kappa shape index (κ2) is 5.67. The number of hydrogen-bond acceptors (Lipinski definition) is 3. The van der Waals surface area contributed by atoms with E-state index in [1.807, 2.05) is 38.1 Å². The Morgan fingerprint density at radius 3 is 2.56 bits per heavy atom. The highest BCUT2D eigenvalue weighted by molar-refractivity contribution is 9.10. The zero-order valence-corrected chi connectivity index (χ0v) is 12.5. The summed E-state index contributed by atoms with van der Waals surface area (Å²) in [6, 6.07) is 8.02. The van der Waals surface area contributed by atoms with Gasteiger partial charge in [0, 0.05) is 11.0 Å². The number of anilines is 1. The van der Waals surface area contributed by atoms with Crippen LogP contribution in [0.1, 0.15) is 17.0 Å². The molecule has 1 aromatic heterocycles. The summed E-state index contributed by atoms with van der Waals surface area (Å²) in [5.74, 6) is 0.621. The molecule has 0 aliphatic carbocycles. The lowest BCUT2D eigenvalue weighted by atomic mass is 10.2. The summed E-state index contributed by atoms with van der Waals surface area (Å²) < 4.78 is 1.06. The van der Waals surface area contributed by atoms with Crippen LogP contribution in [0.3, 0.4) is 0 Å². The molecule has 0 unspecified atom stereocenters. The smallest absolute Gasteiger partial charge is 0.171 e. The van der Waals surface area contributed by atoms with Crippen molar-refractivity contribution in [3.05, 3.63) is 50.8 Å². The molecule has 0 atom stereocenters. The van der Waals surface area contributed by atoms with Crippen LogP contribution in [0.4, 0.5) is 5.82 Å². The topological polar surface area (TPSA) is 37.8 Å². The molecule has 1 heterocycles. The van der Waals surface area contributed by atoms with Gasteiger partial charge in [-0.05, 0) is 25.5 Å². The first-order chi connectivity index (χ1) is 8.58. The molecule has 2 rings (SSSR count). The minimum atomic E-state index is 0.408. The molecule has 1 aromatic carbocycles. The van der Waals surface area contributed by atoms with Crippen LogP contribution in [-0.2, 0) is 6.54 Å². The summed E-state index contributed by atoms with van der Waals surface area (Å²) >= 11 is 9.57. The number of benzene rings is 1. The first kappa shape index (κ1) is 13.3. The average Bonchev–Trinajstić information content (AvgIpc) is 2.34. The van der Waals surface area contributed by atoms with Gasteiger partial charge in [0.05, 0.1) is 11.4 Å². The molecular formula is C13H13BrClN3. The Hall–Kier alpha value is -1.13. The largest absolute Gasteiger partial charge is 0.363 e. The first-order valence-electron chi connectivity index (χ1n) is 5.56. The Morgan fingerprint density at radius 1 is 1.17 bits per heavy atom. The van der Waals surface area contributed by atoms with E-state index in [0.717, 1.165) is 21.4 Å². The van der Waals surface area contributed by atoms with Crippen LogP contribution >= 0.6 is 27.5 Å². The quantitative estimate of drug-likeness (QED) is 0.922. The molecule has 0 saturated carbocycles. The molecule has 0 aliphatic heterocycles. The maximum Gasteiger partial charge on any atom is 0.171 e. The average molecular weight is 327 g/mol. The van der Waals surface area contributed by atoms with E-state index in [1.54, 1.807) is 0 Å². The fourth-order valence-corrected chi connectivity index (χ4v) is 2.17. The number of rotatable bonds is 3. The van der Waals surface area contributed by atoms with Crippen LogP contribution in [0.2, 0.25) is 5.15 Å². The Morgan fingerprint density at radius 2 is 1.83 bits per heavy atom. The summed E-state index contributed by atoms with van der Waals surface area (Å²) in [5.41, 5.74) is 2.88. The van der Waals surface area contributed by atoms with E-state index in [0.29, 0.717) is 17.5 Å². The fraction of sp³-hybridized carbons (Fsp3) is 0.231. The van der Waals surface area contributed by atoms with Gasteiger partial charge in [-0.2, -0.15) is 0 Å². The lowest BCUT2D eigenvalue weighted by molar-refractivity contribution is 1.01. The van der Waals surface area contributed by atoms with E-state index in [9.17, 15) is 0 Å². The number of hydrogen-bond donors (Lipinski definition) is 1. The van der Waals surface area contributed by atoms with Crippen LogP contribution in [0.5, 0.6) is 0 Å². The third kappa shape index (κ3) is 3.00. The minimum absolute atomic E-state index is 0.408. The van der Waals surface area contributed by atoms with Gasteiger partial charge in [0.2, 0.25) is 0 Å². The van der Waals surface area contributed by atoms with E-state index < -0.39 is 0 Å². The Labute approximate surface area is 120 Å². The predicted molar refractivity (Wildman–Crippen MR) is 78.0 cm³/mol. The van der Waals surface area contributed by atoms with Crippen molar-refractivity contribution in [1.82, 2.24) is 9.97 Å². The molecule has 2 aromatic rings. The molecule has 0 fully saturated rings. The van der Waals surface area contributed by atoms with Gasteiger partial charge in [-0.15, -0.1) is 0 Å². The molecule has 3 nitrogen and oxygen atoms in total. The monoisotopic (exact) mass is 325 g/mol. The normalized spacial score (nSPS) is 10.4. The zero-order valence-electron chi connectivity index (χ0n) is 10.2. The van der Waals surface area contributed by atoms with Crippen LogP contribution in [0, 0.1) is 13.8 Å². The Bertz CT molecular complexity index is 572. The van der Waals surface area contributed by atoms with Crippen molar-refractivity contribution in [1.29, 1.82) is 0 Å².